The molecular weight excluding hydrogens is 298 g/mol. The SMILES string of the molecule is Cc1cc(C)c2nc(C3CC3)cc(C(=O)NC3CCNCC3)c2c1. The Labute approximate surface area is 143 Å². The van der Waals surface area contributed by atoms with Gasteiger partial charge in [-0.25, -0.2) is 0 Å². The van der Waals surface area contributed by atoms with Crippen LogP contribution in [-0.4, -0.2) is 30.0 Å². The number of rotatable bonds is 3. The molecule has 126 valence electrons. The number of piperidine rings is 1. The first-order valence-electron chi connectivity index (χ1n) is 9.05. The van der Waals surface area contributed by atoms with E-state index in [1.807, 2.05) is 6.07 Å². The zero-order valence-corrected chi connectivity index (χ0v) is 14.5. The lowest BCUT2D eigenvalue weighted by Crippen LogP contribution is -2.42. The van der Waals surface area contributed by atoms with Gasteiger partial charge in [-0.2, -0.15) is 0 Å². The van der Waals surface area contributed by atoms with Crippen molar-refractivity contribution < 1.29 is 4.79 Å². The lowest BCUT2D eigenvalue weighted by Gasteiger charge is -2.24. The van der Waals surface area contributed by atoms with Crippen LogP contribution >= 0.6 is 0 Å². The summed E-state index contributed by atoms with van der Waals surface area (Å²) >= 11 is 0. The van der Waals surface area contributed by atoms with Crippen LogP contribution in [0.4, 0.5) is 0 Å². The smallest absolute Gasteiger partial charge is 0.252 e. The van der Waals surface area contributed by atoms with Crippen LogP contribution in [0.5, 0.6) is 0 Å². The Morgan fingerprint density at radius 3 is 2.58 bits per heavy atom. The van der Waals surface area contributed by atoms with E-state index in [2.05, 4.69) is 36.6 Å². The lowest BCUT2D eigenvalue weighted by molar-refractivity contribution is 0.0931. The Bertz CT molecular complexity index is 789. The summed E-state index contributed by atoms with van der Waals surface area (Å²) in [5.74, 6) is 0.599. The number of amides is 1. The standard InChI is InChI=1S/C20H25N3O/c1-12-9-13(2)19-16(10-12)17(11-18(23-19)14-3-4-14)20(24)22-15-5-7-21-8-6-15/h9-11,14-15,21H,3-8H2,1-2H3,(H,22,24). The predicted molar refractivity (Wildman–Crippen MR) is 96.5 cm³/mol. The molecule has 1 saturated carbocycles. The molecule has 1 aliphatic heterocycles. The number of carbonyl (C=O) groups is 1. The van der Waals surface area contributed by atoms with Crippen LogP contribution in [0.1, 0.15) is 58.8 Å². The molecule has 2 fully saturated rings. The largest absolute Gasteiger partial charge is 0.349 e. The number of nitrogens with zero attached hydrogens (tertiary/aromatic N) is 1. The maximum atomic E-state index is 13.0. The average Bonchev–Trinajstić information content (AvgIpc) is 3.40. The van der Waals surface area contributed by atoms with E-state index >= 15 is 0 Å². The van der Waals surface area contributed by atoms with Crippen molar-refractivity contribution in [3.63, 3.8) is 0 Å². The van der Waals surface area contributed by atoms with Gasteiger partial charge in [-0.05, 0) is 70.3 Å². The zero-order chi connectivity index (χ0) is 16.7. The molecule has 1 aromatic carbocycles. The van der Waals surface area contributed by atoms with E-state index in [4.69, 9.17) is 4.98 Å². The number of fused-ring (bicyclic) bond motifs is 1. The Kier molecular flexibility index (Phi) is 4.01. The number of aromatic nitrogens is 1. The molecule has 1 aliphatic carbocycles. The third-order valence-electron chi connectivity index (χ3n) is 5.18. The van der Waals surface area contributed by atoms with E-state index in [9.17, 15) is 4.79 Å². The third-order valence-corrected chi connectivity index (χ3v) is 5.18. The highest BCUT2D eigenvalue weighted by Gasteiger charge is 2.28. The highest BCUT2D eigenvalue weighted by atomic mass is 16.1. The first kappa shape index (κ1) is 15.6. The Hall–Kier alpha value is -1.94. The van der Waals surface area contributed by atoms with Crippen LogP contribution in [-0.2, 0) is 0 Å². The van der Waals surface area contributed by atoms with Crippen molar-refractivity contribution in [3.8, 4) is 0 Å². The third kappa shape index (κ3) is 3.03. The fraction of sp³-hybridized carbons (Fsp3) is 0.500. The van der Waals surface area contributed by atoms with Crippen molar-refractivity contribution in [1.82, 2.24) is 15.6 Å². The van der Waals surface area contributed by atoms with Crippen LogP contribution in [0, 0.1) is 13.8 Å². The second-order valence-corrected chi connectivity index (χ2v) is 7.34. The van der Waals surface area contributed by atoms with Gasteiger partial charge in [0, 0.05) is 23.0 Å². The monoisotopic (exact) mass is 323 g/mol. The molecule has 24 heavy (non-hydrogen) atoms. The van der Waals surface area contributed by atoms with Crippen LogP contribution in [0.25, 0.3) is 10.9 Å². The second-order valence-electron chi connectivity index (χ2n) is 7.34. The molecule has 4 heteroatoms. The number of carbonyl (C=O) groups excluding carboxylic acids is 1. The summed E-state index contributed by atoms with van der Waals surface area (Å²) < 4.78 is 0. The zero-order valence-electron chi connectivity index (χ0n) is 14.5. The van der Waals surface area contributed by atoms with E-state index in [-0.39, 0.29) is 11.9 Å². The fourth-order valence-corrected chi connectivity index (χ4v) is 3.71. The van der Waals surface area contributed by atoms with Crippen molar-refractivity contribution in [1.29, 1.82) is 0 Å². The number of nitrogens with one attached hydrogen (secondary N) is 2. The van der Waals surface area contributed by atoms with Crippen molar-refractivity contribution in [2.24, 2.45) is 0 Å². The summed E-state index contributed by atoms with van der Waals surface area (Å²) in [5.41, 5.74) is 5.21. The summed E-state index contributed by atoms with van der Waals surface area (Å²) in [7, 11) is 0. The normalized spacial score (nSPS) is 18.8. The molecule has 0 spiro atoms. The molecule has 4 nitrogen and oxygen atoms in total. The van der Waals surface area contributed by atoms with E-state index in [1.54, 1.807) is 0 Å². The van der Waals surface area contributed by atoms with Gasteiger partial charge >= 0.3 is 0 Å². The molecule has 1 amide bonds. The molecule has 1 aromatic heterocycles. The summed E-state index contributed by atoms with van der Waals surface area (Å²) in [6.45, 7) is 6.13. The number of benzene rings is 1. The van der Waals surface area contributed by atoms with Gasteiger partial charge in [0.15, 0.2) is 0 Å². The Morgan fingerprint density at radius 1 is 1.12 bits per heavy atom. The molecule has 0 bridgehead atoms. The van der Waals surface area contributed by atoms with Crippen LogP contribution < -0.4 is 10.6 Å². The van der Waals surface area contributed by atoms with E-state index in [1.165, 1.54) is 18.4 Å². The molecule has 1 saturated heterocycles. The van der Waals surface area contributed by atoms with Crippen molar-refractivity contribution in [2.75, 3.05) is 13.1 Å². The Balaban J connectivity index is 1.75. The quantitative estimate of drug-likeness (QED) is 0.912. The van der Waals surface area contributed by atoms with Gasteiger partial charge in [0.05, 0.1) is 11.1 Å². The molecule has 0 unspecified atom stereocenters. The van der Waals surface area contributed by atoms with Crippen molar-refractivity contribution >= 4 is 16.8 Å². The molecule has 2 aromatic rings. The topological polar surface area (TPSA) is 54.0 Å². The minimum absolute atomic E-state index is 0.0567. The minimum Gasteiger partial charge on any atom is -0.349 e. The first-order chi connectivity index (χ1) is 11.6. The van der Waals surface area contributed by atoms with Crippen molar-refractivity contribution in [2.45, 2.75) is 51.5 Å². The van der Waals surface area contributed by atoms with Gasteiger partial charge < -0.3 is 10.6 Å². The summed E-state index contributed by atoms with van der Waals surface area (Å²) in [5, 5.41) is 7.58. The van der Waals surface area contributed by atoms with Gasteiger partial charge in [0.25, 0.3) is 5.91 Å². The van der Waals surface area contributed by atoms with E-state index < -0.39 is 0 Å². The molecular formula is C20H25N3O. The highest BCUT2D eigenvalue weighted by molar-refractivity contribution is 6.07. The molecule has 0 radical (unpaired) electrons. The molecule has 4 rings (SSSR count). The van der Waals surface area contributed by atoms with Crippen LogP contribution in [0.15, 0.2) is 18.2 Å². The average molecular weight is 323 g/mol. The van der Waals surface area contributed by atoms with Gasteiger partial charge in [0.1, 0.15) is 0 Å². The predicted octanol–water partition coefficient (Wildman–Crippen LogP) is 3.21. The second kappa shape index (κ2) is 6.17. The molecule has 2 heterocycles. The van der Waals surface area contributed by atoms with E-state index in [0.717, 1.165) is 53.7 Å². The van der Waals surface area contributed by atoms with Crippen LogP contribution in [0.3, 0.4) is 0 Å². The molecule has 2 N–H and O–H groups in total. The number of pyridine rings is 1. The maximum Gasteiger partial charge on any atom is 0.252 e. The summed E-state index contributed by atoms with van der Waals surface area (Å²) in [6, 6.07) is 6.57. The fourth-order valence-electron chi connectivity index (χ4n) is 3.71. The number of hydrogen-bond donors (Lipinski definition) is 2. The van der Waals surface area contributed by atoms with Gasteiger partial charge in [-0.3, -0.25) is 9.78 Å². The van der Waals surface area contributed by atoms with Gasteiger partial charge in [-0.1, -0.05) is 11.6 Å². The molecule has 0 atom stereocenters. The van der Waals surface area contributed by atoms with E-state index in [0.29, 0.717) is 5.92 Å². The summed E-state index contributed by atoms with van der Waals surface area (Å²) in [6.07, 6.45) is 4.39. The highest BCUT2D eigenvalue weighted by Crippen LogP contribution is 2.40. The summed E-state index contributed by atoms with van der Waals surface area (Å²) in [4.78, 5) is 17.9. The van der Waals surface area contributed by atoms with Gasteiger partial charge in [-0.15, -0.1) is 0 Å². The van der Waals surface area contributed by atoms with Gasteiger partial charge in [0.2, 0.25) is 0 Å². The molecule has 2 aliphatic rings. The Morgan fingerprint density at radius 2 is 1.88 bits per heavy atom. The van der Waals surface area contributed by atoms with Crippen LogP contribution in [0.2, 0.25) is 0 Å². The lowest BCUT2D eigenvalue weighted by atomic mass is 9.99. The number of hydrogen-bond acceptors (Lipinski definition) is 3. The minimum atomic E-state index is 0.0567. The number of aryl methyl sites for hydroxylation is 2. The van der Waals surface area contributed by atoms with Crippen molar-refractivity contribution in [3.05, 3.63) is 40.6 Å². The first-order valence-corrected chi connectivity index (χ1v) is 9.05. The maximum absolute atomic E-state index is 13.0.